The fraction of sp³-hybridized carbons (Fsp3) is 0.533. The van der Waals surface area contributed by atoms with Gasteiger partial charge in [-0.2, -0.15) is 0 Å². The van der Waals surface area contributed by atoms with Crippen LogP contribution in [0.3, 0.4) is 0 Å². The van der Waals surface area contributed by atoms with Crippen LogP contribution in [0, 0.1) is 0 Å². The van der Waals surface area contributed by atoms with Crippen LogP contribution in [0.1, 0.15) is 43.0 Å². The highest BCUT2D eigenvalue weighted by molar-refractivity contribution is 6.33. The van der Waals surface area contributed by atoms with E-state index in [1.165, 1.54) is 19.3 Å². The molecule has 1 aliphatic rings. The zero-order valence-electron chi connectivity index (χ0n) is 11.5. The minimum absolute atomic E-state index is 0.153. The molecule has 1 aromatic rings. The Morgan fingerprint density at radius 2 is 2.05 bits per heavy atom. The van der Waals surface area contributed by atoms with Gasteiger partial charge in [-0.15, -0.1) is 11.6 Å². The summed E-state index contributed by atoms with van der Waals surface area (Å²) in [5.74, 6) is 0.423. The van der Waals surface area contributed by atoms with Gasteiger partial charge in [0, 0.05) is 6.04 Å². The van der Waals surface area contributed by atoms with Crippen molar-refractivity contribution >= 4 is 29.1 Å². The van der Waals surface area contributed by atoms with Crippen molar-refractivity contribution in [3.8, 4) is 5.75 Å². The van der Waals surface area contributed by atoms with Gasteiger partial charge in [0.1, 0.15) is 11.1 Å². The van der Waals surface area contributed by atoms with Gasteiger partial charge in [-0.25, -0.2) is 0 Å². The molecule has 3 nitrogen and oxygen atoms in total. The first kappa shape index (κ1) is 15.5. The highest BCUT2D eigenvalue weighted by atomic mass is 35.5. The van der Waals surface area contributed by atoms with Gasteiger partial charge in [0.25, 0.3) is 0 Å². The molecule has 0 bridgehead atoms. The molecule has 1 fully saturated rings. The molecule has 0 aliphatic heterocycles. The van der Waals surface area contributed by atoms with Crippen LogP contribution < -0.4 is 10.1 Å². The number of carbonyl (C=O) groups is 1. The molecule has 110 valence electrons. The van der Waals surface area contributed by atoms with Gasteiger partial charge >= 0.3 is 0 Å². The number of alkyl halides is 1. The molecule has 0 heterocycles. The lowest BCUT2D eigenvalue weighted by Crippen LogP contribution is -2.38. The van der Waals surface area contributed by atoms with Gasteiger partial charge in [-0.3, -0.25) is 4.79 Å². The predicted octanol–water partition coefficient (Wildman–Crippen LogP) is 4.08. The Bertz CT molecular complexity index is 473. The monoisotopic (exact) mass is 315 g/mol. The van der Waals surface area contributed by atoms with Crippen LogP contribution >= 0.6 is 23.2 Å². The van der Waals surface area contributed by atoms with Crippen molar-refractivity contribution < 1.29 is 9.53 Å². The lowest BCUT2D eigenvalue weighted by molar-refractivity contribution is -0.121. The van der Waals surface area contributed by atoms with Crippen LogP contribution in [-0.4, -0.2) is 19.1 Å². The zero-order valence-corrected chi connectivity index (χ0v) is 13.0. The predicted molar refractivity (Wildman–Crippen MR) is 81.6 cm³/mol. The van der Waals surface area contributed by atoms with E-state index in [9.17, 15) is 4.79 Å². The Hall–Kier alpha value is -0.930. The van der Waals surface area contributed by atoms with E-state index in [0.29, 0.717) is 16.3 Å². The average molecular weight is 316 g/mol. The van der Waals surface area contributed by atoms with E-state index in [0.717, 1.165) is 12.8 Å². The van der Waals surface area contributed by atoms with Crippen molar-refractivity contribution in [3.63, 3.8) is 0 Å². The lowest BCUT2D eigenvalue weighted by Gasteiger charge is -2.24. The topological polar surface area (TPSA) is 38.3 Å². The molecule has 2 rings (SSSR count). The van der Waals surface area contributed by atoms with Gasteiger partial charge in [0.15, 0.2) is 0 Å². The summed E-state index contributed by atoms with van der Waals surface area (Å²) >= 11 is 12.3. The first-order valence-corrected chi connectivity index (χ1v) is 7.71. The third-order valence-electron chi connectivity index (χ3n) is 3.65. The first-order chi connectivity index (χ1) is 9.61. The largest absolute Gasteiger partial charge is 0.495 e. The van der Waals surface area contributed by atoms with Crippen molar-refractivity contribution in [1.82, 2.24) is 5.32 Å². The third-order valence-corrected chi connectivity index (χ3v) is 4.40. The summed E-state index contributed by atoms with van der Waals surface area (Å²) in [6.45, 7) is 0. The molecular weight excluding hydrogens is 297 g/mol. The maximum atomic E-state index is 12.2. The van der Waals surface area contributed by atoms with Crippen LogP contribution in [0.5, 0.6) is 5.75 Å². The normalized spacial score (nSPS) is 17.6. The summed E-state index contributed by atoms with van der Waals surface area (Å²) in [5, 5.41) is 2.76. The number of benzene rings is 1. The summed E-state index contributed by atoms with van der Waals surface area (Å²) in [4.78, 5) is 12.2. The molecule has 1 atom stereocenters. The van der Waals surface area contributed by atoms with Crippen molar-refractivity contribution in [2.75, 3.05) is 7.11 Å². The molecule has 1 aromatic carbocycles. The molecule has 0 radical (unpaired) electrons. The van der Waals surface area contributed by atoms with Crippen molar-refractivity contribution in [2.24, 2.45) is 0 Å². The molecule has 0 aromatic heterocycles. The highest BCUT2D eigenvalue weighted by Gasteiger charge is 2.22. The number of nitrogens with one attached hydrogen (secondary N) is 1. The van der Waals surface area contributed by atoms with Gasteiger partial charge in [-0.05, 0) is 30.5 Å². The van der Waals surface area contributed by atoms with E-state index in [-0.39, 0.29) is 11.9 Å². The van der Waals surface area contributed by atoms with Crippen LogP contribution in [0.15, 0.2) is 18.2 Å². The summed E-state index contributed by atoms with van der Waals surface area (Å²) in [5.41, 5.74) is 0.686. The van der Waals surface area contributed by atoms with E-state index in [1.807, 2.05) is 0 Å². The number of hydrogen-bond donors (Lipinski definition) is 1. The molecule has 0 saturated heterocycles. The van der Waals surface area contributed by atoms with E-state index >= 15 is 0 Å². The number of rotatable bonds is 4. The Morgan fingerprint density at radius 3 is 2.65 bits per heavy atom. The third kappa shape index (κ3) is 3.80. The summed E-state index contributed by atoms with van der Waals surface area (Å²) in [6, 6.07) is 5.42. The van der Waals surface area contributed by atoms with Crippen molar-refractivity contribution in [2.45, 2.75) is 43.5 Å². The number of amides is 1. The maximum Gasteiger partial charge on any atom is 0.242 e. The van der Waals surface area contributed by atoms with Crippen LogP contribution in [0.4, 0.5) is 0 Å². The number of carbonyl (C=O) groups excluding carboxylic acids is 1. The number of methoxy groups -OCH3 is 1. The van der Waals surface area contributed by atoms with Gasteiger partial charge < -0.3 is 10.1 Å². The van der Waals surface area contributed by atoms with Crippen molar-refractivity contribution in [1.29, 1.82) is 0 Å². The smallest absolute Gasteiger partial charge is 0.242 e. The lowest BCUT2D eigenvalue weighted by atomic mass is 9.95. The van der Waals surface area contributed by atoms with Gasteiger partial charge in [0.2, 0.25) is 5.91 Å². The quantitative estimate of drug-likeness (QED) is 0.850. The van der Waals surface area contributed by atoms with E-state index in [1.54, 1.807) is 25.3 Å². The second-order valence-electron chi connectivity index (χ2n) is 5.10. The minimum atomic E-state index is -0.722. The molecule has 1 saturated carbocycles. The summed E-state index contributed by atoms with van der Waals surface area (Å²) in [6.07, 6.45) is 5.68. The molecule has 0 spiro atoms. The standard InChI is InChI=1S/C15H19Cl2NO2/c1-20-13-8-7-10(9-12(13)16)14(17)15(19)18-11-5-3-2-4-6-11/h7-9,11,14H,2-6H2,1H3,(H,18,19). The molecule has 1 aliphatic carbocycles. The Kier molecular flexibility index (Phi) is 5.55. The molecular formula is C15H19Cl2NO2. The van der Waals surface area contributed by atoms with E-state index in [2.05, 4.69) is 5.32 Å². The van der Waals surface area contributed by atoms with Crippen LogP contribution in [0.2, 0.25) is 5.02 Å². The Labute approximate surface area is 129 Å². The molecule has 20 heavy (non-hydrogen) atoms. The average Bonchev–Trinajstić information content (AvgIpc) is 2.47. The summed E-state index contributed by atoms with van der Waals surface area (Å²) < 4.78 is 5.09. The maximum absolute atomic E-state index is 12.2. The molecule has 1 unspecified atom stereocenters. The number of ether oxygens (including phenoxy) is 1. The second-order valence-corrected chi connectivity index (χ2v) is 5.94. The molecule has 5 heteroatoms. The fourth-order valence-corrected chi connectivity index (χ4v) is 2.98. The van der Waals surface area contributed by atoms with Crippen LogP contribution in [-0.2, 0) is 4.79 Å². The molecule has 1 amide bonds. The number of halogens is 2. The van der Waals surface area contributed by atoms with Crippen LogP contribution in [0.25, 0.3) is 0 Å². The highest BCUT2D eigenvalue weighted by Crippen LogP contribution is 2.30. The summed E-state index contributed by atoms with van der Waals surface area (Å²) in [7, 11) is 1.55. The molecule has 1 N–H and O–H groups in total. The first-order valence-electron chi connectivity index (χ1n) is 6.89. The fourth-order valence-electron chi connectivity index (χ4n) is 2.51. The van der Waals surface area contributed by atoms with Gasteiger partial charge in [0.05, 0.1) is 12.1 Å². The van der Waals surface area contributed by atoms with Gasteiger partial charge in [-0.1, -0.05) is 36.9 Å². The Balaban J connectivity index is 2.00. The van der Waals surface area contributed by atoms with E-state index < -0.39 is 5.38 Å². The van der Waals surface area contributed by atoms with Crippen molar-refractivity contribution in [3.05, 3.63) is 28.8 Å². The Morgan fingerprint density at radius 1 is 1.35 bits per heavy atom. The minimum Gasteiger partial charge on any atom is -0.495 e. The second kappa shape index (κ2) is 7.19. The zero-order chi connectivity index (χ0) is 14.5. The SMILES string of the molecule is COc1ccc(C(Cl)C(=O)NC2CCCCC2)cc1Cl. The number of hydrogen-bond acceptors (Lipinski definition) is 2. The van der Waals surface area contributed by atoms with E-state index in [4.69, 9.17) is 27.9 Å².